The smallest absolute Gasteiger partial charge is 0.167 e. The molecule has 0 N–H and O–H groups in total. The van der Waals surface area contributed by atoms with E-state index in [1.807, 2.05) is 24.3 Å². The van der Waals surface area contributed by atoms with Gasteiger partial charge in [-0.2, -0.15) is 0 Å². The van der Waals surface area contributed by atoms with Crippen LogP contribution in [0.4, 0.5) is 0 Å². The maximum absolute atomic E-state index is 13.0. The SMILES string of the molecule is O=C(c1cncc(CSc2c(Cl)cccc2Cl)c1)C1CCCCC(Cl)CC1. The van der Waals surface area contributed by atoms with Crippen LogP contribution in [-0.2, 0) is 5.75 Å². The molecule has 1 aromatic heterocycles. The van der Waals surface area contributed by atoms with Crippen LogP contribution in [0.5, 0.6) is 0 Å². The van der Waals surface area contributed by atoms with Crippen LogP contribution in [0.1, 0.15) is 54.4 Å². The topological polar surface area (TPSA) is 30.0 Å². The fourth-order valence-electron chi connectivity index (χ4n) is 3.40. The Morgan fingerprint density at radius 2 is 1.81 bits per heavy atom. The molecule has 1 aliphatic rings. The third-order valence-corrected chi connectivity index (χ3v) is 7.40. The van der Waals surface area contributed by atoms with E-state index in [9.17, 15) is 4.79 Å². The molecule has 0 radical (unpaired) electrons. The molecule has 27 heavy (non-hydrogen) atoms. The van der Waals surface area contributed by atoms with E-state index in [1.165, 1.54) is 0 Å². The molecule has 144 valence electrons. The summed E-state index contributed by atoms with van der Waals surface area (Å²) in [4.78, 5) is 18.1. The minimum atomic E-state index is 0.0502. The van der Waals surface area contributed by atoms with Gasteiger partial charge in [-0.3, -0.25) is 9.78 Å². The van der Waals surface area contributed by atoms with Gasteiger partial charge in [0, 0.05) is 39.9 Å². The van der Waals surface area contributed by atoms with Crippen LogP contribution in [0.2, 0.25) is 10.0 Å². The highest BCUT2D eigenvalue weighted by Gasteiger charge is 2.23. The molecular weight excluding hydrogens is 421 g/mol. The lowest BCUT2D eigenvalue weighted by Gasteiger charge is -2.21. The number of benzene rings is 1. The maximum Gasteiger partial charge on any atom is 0.167 e. The standard InChI is InChI=1S/C21H22Cl3NOS/c22-17-5-2-1-4-15(8-9-17)20(26)16-10-14(11-25-12-16)13-27-21-18(23)6-3-7-19(21)24/h3,6-7,10-12,15,17H,1-2,4-5,8-9,13H2. The van der Waals surface area contributed by atoms with Gasteiger partial charge in [0.05, 0.1) is 10.0 Å². The molecule has 0 saturated heterocycles. The zero-order chi connectivity index (χ0) is 19.2. The number of alkyl halides is 1. The predicted molar refractivity (Wildman–Crippen MR) is 115 cm³/mol. The molecule has 2 unspecified atom stereocenters. The number of hydrogen-bond acceptors (Lipinski definition) is 3. The van der Waals surface area contributed by atoms with Crippen molar-refractivity contribution in [1.29, 1.82) is 0 Å². The third-order valence-electron chi connectivity index (χ3n) is 4.90. The van der Waals surface area contributed by atoms with Crippen LogP contribution in [0.3, 0.4) is 0 Å². The summed E-state index contributed by atoms with van der Waals surface area (Å²) in [6, 6.07) is 7.43. The molecule has 6 heteroatoms. The lowest BCUT2D eigenvalue weighted by Crippen LogP contribution is -2.19. The van der Waals surface area contributed by atoms with Crippen molar-refractivity contribution in [2.24, 2.45) is 5.92 Å². The Labute approximate surface area is 180 Å². The number of nitrogens with zero attached hydrogens (tertiary/aromatic N) is 1. The summed E-state index contributed by atoms with van der Waals surface area (Å²) in [7, 11) is 0. The second kappa shape index (κ2) is 10.2. The molecule has 0 amide bonds. The largest absolute Gasteiger partial charge is 0.294 e. The van der Waals surface area contributed by atoms with Crippen molar-refractivity contribution in [1.82, 2.24) is 4.98 Å². The first kappa shape index (κ1) is 21.0. The Kier molecular flexibility index (Phi) is 7.89. The van der Waals surface area contributed by atoms with E-state index in [0.717, 1.165) is 49.0 Å². The number of thioether (sulfide) groups is 1. The Balaban J connectivity index is 1.68. The molecule has 1 saturated carbocycles. The zero-order valence-electron chi connectivity index (χ0n) is 15.0. The highest BCUT2D eigenvalue weighted by Crippen LogP contribution is 2.36. The van der Waals surface area contributed by atoms with Gasteiger partial charge in [-0.25, -0.2) is 0 Å². The fourth-order valence-corrected chi connectivity index (χ4v) is 5.29. The second-order valence-corrected chi connectivity index (χ2v) is 9.36. The normalized spacial score (nSPS) is 20.7. The summed E-state index contributed by atoms with van der Waals surface area (Å²) >= 11 is 20.3. The lowest BCUT2D eigenvalue weighted by molar-refractivity contribution is 0.0898. The monoisotopic (exact) mass is 441 g/mol. The Morgan fingerprint density at radius 3 is 2.59 bits per heavy atom. The van der Waals surface area contributed by atoms with E-state index in [4.69, 9.17) is 34.8 Å². The quantitative estimate of drug-likeness (QED) is 0.274. The number of rotatable bonds is 5. The summed E-state index contributed by atoms with van der Waals surface area (Å²) in [5, 5.41) is 1.47. The van der Waals surface area contributed by atoms with Crippen LogP contribution in [-0.4, -0.2) is 16.1 Å². The van der Waals surface area contributed by atoms with Crippen LogP contribution in [0, 0.1) is 5.92 Å². The van der Waals surface area contributed by atoms with E-state index < -0.39 is 0 Å². The number of Topliss-reactive ketones (excluding diaryl/α,β-unsaturated/α-hetero) is 1. The van der Waals surface area contributed by atoms with E-state index in [1.54, 1.807) is 24.2 Å². The molecule has 0 aliphatic heterocycles. The van der Waals surface area contributed by atoms with Gasteiger partial charge in [-0.15, -0.1) is 23.4 Å². The van der Waals surface area contributed by atoms with Gasteiger partial charge in [-0.1, -0.05) is 42.1 Å². The van der Waals surface area contributed by atoms with Crippen molar-refractivity contribution in [3.8, 4) is 0 Å². The molecule has 2 aromatic rings. The highest BCUT2D eigenvalue weighted by atomic mass is 35.5. The molecule has 0 bridgehead atoms. The molecule has 1 aliphatic carbocycles. The first-order chi connectivity index (χ1) is 13.0. The minimum absolute atomic E-state index is 0.0502. The molecule has 2 nitrogen and oxygen atoms in total. The van der Waals surface area contributed by atoms with Gasteiger partial charge < -0.3 is 0 Å². The summed E-state index contributed by atoms with van der Waals surface area (Å²) in [6.45, 7) is 0. The van der Waals surface area contributed by atoms with Gasteiger partial charge in [0.15, 0.2) is 5.78 Å². The number of halogens is 3. The fraction of sp³-hybridized carbons (Fsp3) is 0.429. The van der Waals surface area contributed by atoms with Crippen molar-refractivity contribution in [3.63, 3.8) is 0 Å². The predicted octanol–water partition coefficient (Wildman–Crippen LogP) is 7.44. The Bertz CT molecular complexity index is 778. The van der Waals surface area contributed by atoms with E-state index in [2.05, 4.69) is 4.98 Å². The number of hydrogen-bond donors (Lipinski definition) is 0. The number of ketones is 1. The van der Waals surface area contributed by atoms with Gasteiger partial charge in [-0.05, 0) is 49.4 Å². The van der Waals surface area contributed by atoms with Gasteiger partial charge in [0.25, 0.3) is 0 Å². The number of aromatic nitrogens is 1. The third kappa shape index (κ3) is 5.87. The number of carbonyl (C=O) groups is 1. The number of carbonyl (C=O) groups excluding carboxylic acids is 1. The molecule has 1 aromatic carbocycles. The molecule has 1 heterocycles. The molecular formula is C21H22Cl3NOS. The Hall–Kier alpha value is -0.740. The summed E-state index contributed by atoms with van der Waals surface area (Å²) in [6.07, 6.45) is 9.40. The summed E-state index contributed by atoms with van der Waals surface area (Å²) in [5.74, 6) is 0.900. The van der Waals surface area contributed by atoms with Crippen LogP contribution in [0.25, 0.3) is 0 Å². The summed E-state index contributed by atoms with van der Waals surface area (Å²) in [5.41, 5.74) is 1.68. The van der Waals surface area contributed by atoms with Crippen molar-refractivity contribution >= 4 is 52.3 Å². The molecule has 2 atom stereocenters. The second-order valence-electron chi connectivity index (χ2n) is 6.94. The van der Waals surface area contributed by atoms with E-state index in [0.29, 0.717) is 21.4 Å². The van der Waals surface area contributed by atoms with Crippen LogP contribution in [0.15, 0.2) is 41.6 Å². The maximum atomic E-state index is 13.0. The average molecular weight is 443 g/mol. The van der Waals surface area contributed by atoms with Crippen molar-refractivity contribution < 1.29 is 4.79 Å². The lowest BCUT2D eigenvalue weighted by atomic mass is 9.86. The molecule has 0 spiro atoms. The van der Waals surface area contributed by atoms with Gasteiger partial charge >= 0.3 is 0 Å². The Morgan fingerprint density at radius 1 is 1.07 bits per heavy atom. The first-order valence-corrected chi connectivity index (χ1v) is 11.4. The average Bonchev–Trinajstić information content (AvgIpc) is 2.64. The van der Waals surface area contributed by atoms with Crippen molar-refractivity contribution in [2.75, 3.05) is 0 Å². The van der Waals surface area contributed by atoms with Crippen molar-refractivity contribution in [2.45, 2.75) is 54.6 Å². The highest BCUT2D eigenvalue weighted by molar-refractivity contribution is 7.98. The van der Waals surface area contributed by atoms with Gasteiger partial charge in [0.2, 0.25) is 0 Å². The van der Waals surface area contributed by atoms with Crippen LogP contribution >= 0.6 is 46.6 Å². The minimum Gasteiger partial charge on any atom is -0.294 e. The molecule has 1 fully saturated rings. The van der Waals surface area contributed by atoms with Crippen LogP contribution < -0.4 is 0 Å². The first-order valence-electron chi connectivity index (χ1n) is 9.23. The van der Waals surface area contributed by atoms with Crippen molar-refractivity contribution in [3.05, 3.63) is 57.8 Å². The van der Waals surface area contributed by atoms with E-state index >= 15 is 0 Å². The summed E-state index contributed by atoms with van der Waals surface area (Å²) < 4.78 is 0. The zero-order valence-corrected chi connectivity index (χ0v) is 18.1. The van der Waals surface area contributed by atoms with E-state index in [-0.39, 0.29) is 17.1 Å². The van der Waals surface area contributed by atoms with Gasteiger partial charge in [0.1, 0.15) is 0 Å². The number of pyridine rings is 1. The molecule has 3 rings (SSSR count).